The summed E-state index contributed by atoms with van der Waals surface area (Å²) in [7, 11) is 0. The highest BCUT2D eigenvalue weighted by Gasteiger charge is 2.22. The number of pyridine rings is 1. The van der Waals surface area contributed by atoms with E-state index in [9.17, 15) is 4.79 Å². The van der Waals surface area contributed by atoms with Crippen LogP contribution in [0.1, 0.15) is 24.1 Å². The first-order valence-corrected chi connectivity index (χ1v) is 6.59. The van der Waals surface area contributed by atoms with E-state index in [0.717, 1.165) is 43.7 Å². The van der Waals surface area contributed by atoms with Crippen LogP contribution in [0.5, 0.6) is 0 Å². The summed E-state index contributed by atoms with van der Waals surface area (Å²) < 4.78 is 0. The molecule has 4 heteroatoms. The minimum Gasteiger partial charge on any atom is -0.342 e. The monoisotopic (exact) mass is 247 g/mol. The summed E-state index contributed by atoms with van der Waals surface area (Å²) in [4.78, 5) is 18.4. The largest absolute Gasteiger partial charge is 0.342 e. The number of rotatable bonds is 3. The second kappa shape index (κ2) is 5.96. The topological polar surface area (TPSA) is 59.2 Å². The molecule has 2 heterocycles. The molecule has 1 aromatic heterocycles. The van der Waals surface area contributed by atoms with E-state index in [1.54, 1.807) is 6.20 Å². The van der Waals surface area contributed by atoms with Crippen LogP contribution in [0, 0.1) is 12.8 Å². The standard InChI is InChI=1S/C14H21N3O/c1-11-3-2-6-16-13(11)9-14(18)17-7-4-12(10-15)5-8-17/h2-3,6,12H,4-5,7-10,15H2,1H3. The Bertz CT molecular complexity index is 411. The Labute approximate surface area is 108 Å². The van der Waals surface area contributed by atoms with Crippen molar-refractivity contribution in [3.63, 3.8) is 0 Å². The number of amides is 1. The zero-order valence-electron chi connectivity index (χ0n) is 10.9. The molecule has 4 nitrogen and oxygen atoms in total. The van der Waals surface area contributed by atoms with Crippen molar-refractivity contribution < 1.29 is 4.79 Å². The third-order valence-corrected chi connectivity index (χ3v) is 3.74. The fraction of sp³-hybridized carbons (Fsp3) is 0.571. The van der Waals surface area contributed by atoms with Crippen molar-refractivity contribution in [3.8, 4) is 0 Å². The molecule has 2 rings (SSSR count). The molecule has 1 amide bonds. The highest BCUT2D eigenvalue weighted by atomic mass is 16.2. The summed E-state index contributed by atoms with van der Waals surface area (Å²) in [5.74, 6) is 0.776. The van der Waals surface area contributed by atoms with Crippen LogP contribution in [-0.2, 0) is 11.2 Å². The molecule has 18 heavy (non-hydrogen) atoms. The second-order valence-electron chi connectivity index (χ2n) is 5.00. The first-order valence-electron chi connectivity index (χ1n) is 6.59. The molecule has 0 atom stereocenters. The average molecular weight is 247 g/mol. The molecule has 0 radical (unpaired) electrons. The summed E-state index contributed by atoms with van der Waals surface area (Å²) in [6.45, 7) is 4.41. The number of carbonyl (C=O) groups excluding carboxylic acids is 1. The third kappa shape index (κ3) is 3.07. The van der Waals surface area contributed by atoms with Gasteiger partial charge in [-0.3, -0.25) is 9.78 Å². The normalized spacial score (nSPS) is 16.9. The van der Waals surface area contributed by atoms with Crippen molar-refractivity contribution in [3.05, 3.63) is 29.6 Å². The van der Waals surface area contributed by atoms with Gasteiger partial charge in [0.25, 0.3) is 0 Å². The number of aryl methyl sites for hydroxylation is 1. The van der Waals surface area contributed by atoms with Crippen LogP contribution >= 0.6 is 0 Å². The van der Waals surface area contributed by atoms with E-state index >= 15 is 0 Å². The lowest BCUT2D eigenvalue weighted by molar-refractivity contribution is -0.131. The first kappa shape index (κ1) is 13.0. The van der Waals surface area contributed by atoms with Gasteiger partial charge in [-0.25, -0.2) is 0 Å². The van der Waals surface area contributed by atoms with Crippen molar-refractivity contribution >= 4 is 5.91 Å². The van der Waals surface area contributed by atoms with Gasteiger partial charge < -0.3 is 10.6 Å². The number of nitrogens with two attached hydrogens (primary N) is 1. The van der Waals surface area contributed by atoms with Crippen LogP contribution in [-0.4, -0.2) is 35.4 Å². The number of hydrogen-bond acceptors (Lipinski definition) is 3. The van der Waals surface area contributed by atoms with E-state index in [0.29, 0.717) is 12.3 Å². The number of hydrogen-bond donors (Lipinski definition) is 1. The van der Waals surface area contributed by atoms with Gasteiger partial charge in [0.2, 0.25) is 5.91 Å². The Morgan fingerprint density at radius 3 is 2.83 bits per heavy atom. The summed E-state index contributed by atoms with van der Waals surface area (Å²) in [5.41, 5.74) is 7.63. The number of aromatic nitrogens is 1. The van der Waals surface area contributed by atoms with Crippen molar-refractivity contribution in [1.82, 2.24) is 9.88 Å². The molecule has 0 aromatic carbocycles. The van der Waals surface area contributed by atoms with E-state index in [1.165, 1.54) is 0 Å². The molecule has 1 saturated heterocycles. The van der Waals surface area contributed by atoms with Gasteiger partial charge in [-0.15, -0.1) is 0 Å². The third-order valence-electron chi connectivity index (χ3n) is 3.74. The maximum atomic E-state index is 12.2. The Morgan fingerprint density at radius 1 is 1.50 bits per heavy atom. The number of carbonyl (C=O) groups is 1. The average Bonchev–Trinajstić information content (AvgIpc) is 2.41. The number of piperidine rings is 1. The molecule has 1 aliphatic heterocycles. The van der Waals surface area contributed by atoms with E-state index in [-0.39, 0.29) is 5.91 Å². The van der Waals surface area contributed by atoms with E-state index < -0.39 is 0 Å². The molecule has 98 valence electrons. The SMILES string of the molecule is Cc1cccnc1CC(=O)N1CCC(CN)CC1. The van der Waals surface area contributed by atoms with Gasteiger partial charge in [0.1, 0.15) is 0 Å². The minimum absolute atomic E-state index is 0.187. The zero-order valence-corrected chi connectivity index (χ0v) is 10.9. The highest BCUT2D eigenvalue weighted by Crippen LogP contribution is 2.17. The first-order chi connectivity index (χ1) is 8.70. The van der Waals surface area contributed by atoms with Gasteiger partial charge in [0, 0.05) is 19.3 Å². The number of nitrogens with zero attached hydrogens (tertiary/aromatic N) is 2. The predicted molar refractivity (Wildman–Crippen MR) is 71.0 cm³/mol. The molecule has 0 saturated carbocycles. The molecular weight excluding hydrogens is 226 g/mol. The fourth-order valence-corrected chi connectivity index (χ4v) is 2.38. The maximum Gasteiger partial charge on any atom is 0.228 e. The van der Waals surface area contributed by atoms with Gasteiger partial charge in [-0.05, 0) is 43.9 Å². The molecule has 0 spiro atoms. The quantitative estimate of drug-likeness (QED) is 0.871. The van der Waals surface area contributed by atoms with Crippen LogP contribution in [0.25, 0.3) is 0 Å². The second-order valence-corrected chi connectivity index (χ2v) is 5.00. The summed E-state index contributed by atoms with van der Waals surface area (Å²) in [6.07, 6.45) is 4.23. The Balaban J connectivity index is 1.91. The van der Waals surface area contributed by atoms with E-state index in [1.807, 2.05) is 24.0 Å². The molecule has 0 unspecified atom stereocenters. The van der Waals surface area contributed by atoms with Gasteiger partial charge in [0.05, 0.1) is 12.1 Å². The molecule has 1 aromatic rings. The lowest BCUT2D eigenvalue weighted by Gasteiger charge is -2.31. The van der Waals surface area contributed by atoms with Gasteiger partial charge in [-0.2, -0.15) is 0 Å². The summed E-state index contributed by atoms with van der Waals surface area (Å²) >= 11 is 0. The molecule has 2 N–H and O–H groups in total. The Hall–Kier alpha value is -1.42. The van der Waals surface area contributed by atoms with Crippen LogP contribution < -0.4 is 5.73 Å². The van der Waals surface area contributed by atoms with Gasteiger partial charge in [-0.1, -0.05) is 6.07 Å². The molecule has 1 fully saturated rings. The number of likely N-dealkylation sites (tertiary alicyclic amines) is 1. The van der Waals surface area contributed by atoms with Gasteiger partial charge in [0.15, 0.2) is 0 Å². The lowest BCUT2D eigenvalue weighted by Crippen LogP contribution is -2.40. The predicted octanol–water partition coefficient (Wildman–Crippen LogP) is 1.13. The fourth-order valence-electron chi connectivity index (χ4n) is 2.38. The summed E-state index contributed by atoms with van der Waals surface area (Å²) in [5, 5.41) is 0. The molecule has 0 bridgehead atoms. The minimum atomic E-state index is 0.187. The highest BCUT2D eigenvalue weighted by molar-refractivity contribution is 5.78. The smallest absolute Gasteiger partial charge is 0.228 e. The van der Waals surface area contributed by atoms with Crippen molar-refractivity contribution in [2.45, 2.75) is 26.2 Å². The molecule has 1 aliphatic rings. The van der Waals surface area contributed by atoms with Crippen LogP contribution in [0.2, 0.25) is 0 Å². The molecular formula is C14H21N3O. The Morgan fingerprint density at radius 2 is 2.22 bits per heavy atom. The lowest BCUT2D eigenvalue weighted by atomic mass is 9.97. The zero-order chi connectivity index (χ0) is 13.0. The van der Waals surface area contributed by atoms with E-state index in [2.05, 4.69) is 4.98 Å². The van der Waals surface area contributed by atoms with Crippen molar-refractivity contribution in [1.29, 1.82) is 0 Å². The van der Waals surface area contributed by atoms with Crippen LogP contribution in [0.3, 0.4) is 0 Å². The summed E-state index contributed by atoms with van der Waals surface area (Å²) in [6, 6.07) is 3.90. The van der Waals surface area contributed by atoms with Crippen LogP contribution in [0.4, 0.5) is 0 Å². The van der Waals surface area contributed by atoms with Gasteiger partial charge >= 0.3 is 0 Å². The van der Waals surface area contributed by atoms with Crippen molar-refractivity contribution in [2.75, 3.05) is 19.6 Å². The Kier molecular flexibility index (Phi) is 4.31. The van der Waals surface area contributed by atoms with Crippen molar-refractivity contribution in [2.24, 2.45) is 11.7 Å². The van der Waals surface area contributed by atoms with Crippen LogP contribution in [0.15, 0.2) is 18.3 Å². The molecule has 0 aliphatic carbocycles. The van der Waals surface area contributed by atoms with E-state index in [4.69, 9.17) is 5.73 Å². The maximum absolute atomic E-state index is 12.2.